The standard InChI is InChI=1S/C22H22N6O2/c29-20-18-8-7-17(25-19-9-11-23-15-24-19)21(30)28(18)22(26-20)10-4-12-27(14-22)13-16-5-2-1-3-6-16/h1-3,5-9,11,15H,4,10,12-14H2,(H,26,29)(H,23,24,25). The second-order valence-electron chi connectivity index (χ2n) is 7.78. The molecule has 1 atom stereocenters. The molecule has 1 spiro atoms. The summed E-state index contributed by atoms with van der Waals surface area (Å²) in [6, 6.07) is 15.3. The van der Waals surface area contributed by atoms with Crippen LogP contribution in [0.5, 0.6) is 0 Å². The van der Waals surface area contributed by atoms with Crippen LogP contribution in [0.3, 0.4) is 0 Å². The van der Waals surface area contributed by atoms with Crippen LogP contribution in [-0.2, 0) is 12.2 Å². The van der Waals surface area contributed by atoms with Crippen LogP contribution < -0.4 is 16.2 Å². The van der Waals surface area contributed by atoms with Gasteiger partial charge in [0.15, 0.2) is 0 Å². The van der Waals surface area contributed by atoms with Gasteiger partial charge in [0.2, 0.25) is 0 Å². The highest BCUT2D eigenvalue weighted by Gasteiger charge is 2.46. The lowest BCUT2D eigenvalue weighted by Crippen LogP contribution is -2.57. The summed E-state index contributed by atoms with van der Waals surface area (Å²) in [6.07, 6.45) is 4.63. The van der Waals surface area contributed by atoms with Crippen LogP contribution in [0.2, 0.25) is 0 Å². The average Bonchev–Trinajstić information content (AvgIpc) is 3.03. The van der Waals surface area contributed by atoms with Crippen molar-refractivity contribution in [2.75, 3.05) is 18.4 Å². The number of anilines is 2. The largest absolute Gasteiger partial charge is 0.336 e. The van der Waals surface area contributed by atoms with E-state index >= 15 is 0 Å². The SMILES string of the molecule is O=C1NC2(CCCN(Cc3ccccc3)C2)n2c1ccc(Nc1ccncn1)c2=O. The number of amides is 1. The zero-order valence-electron chi connectivity index (χ0n) is 16.4. The van der Waals surface area contributed by atoms with E-state index in [4.69, 9.17) is 0 Å². The van der Waals surface area contributed by atoms with E-state index in [-0.39, 0.29) is 11.5 Å². The number of carbonyl (C=O) groups excluding carboxylic acids is 1. The minimum Gasteiger partial charge on any atom is -0.336 e. The fraction of sp³-hybridized carbons (Fsp3) is 0.273. The molecule has 1 amide bonds. The molecule has 1 saturated heterocycles. The molecule has 2 N–H and O–H groups in total. The molecule has 2 aliphatic rings. The molecule has 4 heterocycles. The average molecular weight is 402 g/mol. The van der Waals surface area contributed by atoms with Gasteiger partial charge in [-0.15, -0.1) is 0 Å². The molecule has 2 aromatic heterocycles. The minimum atomic E-state index is -0.736. The normalized spacial score (nSPS) is 20.7. The lowest BCUT2D eigenvalue weighted by atomic mass is 9.97. The summed E-state index contributed by atoms with van der Waals surface area (Å²) >= 11 is 0. The van der Waals surface area contributed by atoms with Gasteiger partial charge in [0.25, 0.3) is 11.5 Å². The van der Waals surface area contributed by atoms with Crippen LogP contribution in [0.4, 0.5) is 11.5 Å². The summed E-state index contributed by atoms with van der Waals surface area (Å²) < 4.78 is 1.63. The third-order valence-corrected chi connectivity index (χ3v) is 5.73. The van der Waals surface area contributed by atoms with Crippen molar-refractivity contribution < 1.29 is 4.79 Å². The quantitative estimate of drug-likeness (QED) is 0.694. The van der Waals surface area contributed by atoms with Crippen molar-refractivity contribution in [3.8, 4) is 0 Å². The first kappa shape index (κ1) is 18.5. The van der Waals surface area contributed by atoms with Crippen molar-refractivity contribution >= 4 is 17.4 Å². The number of likely N-dealkylation sites (tertiary alicyclic amines) is 1. The maximum absolute atomic E-state index is 13.4. The topological polar surface area (TPSA) is 92.2 Å². The highest BCUT2D eigenvalue weighted by molar-refractivity contribution is 5.95. The monoisotopic (exact) mass is 402 g/mol. The van der Waals surface area contributed by atoms with Gasteiger partial charge in [-0.3, -0.25) is 19.1 Å². The van der Waals surface area contributed by atoms with E-state index in [1.807, 2.05) is 18.2 Å². The van der Waals surface area contributed by atoms with Crippen LogP contribution in [0.15, 0.2) is 65.8 Å². The molecule has 0 bridgehead atoms. The number of nitrogens with one attached hydrogen (secondary N) is 2. The summed E-state index contributed by atoms with van der Waals surface area (Å²) in [5, 5.41) is 6.16. The van der Waals surface area contributed by atoms with E-state index in [2.05, 4.69) is 37.6 Å². The van der Waals surface area contributed by atoms with Gasteiger partial charge in [0.1, 0.15) is 29.2 Å². The Morgan fingerprint density at radius 1 is 1.10 bits per heavy atom. The first-order valence-corrected chi connectivity index (χ1v) is 10.0. The number of carbonyl (C=O) groups is 1. The number of pyridine rings is 1. The van der Waals surface area contributed by atoms with Crippen LogP contribution in [0, 0.1) is 0 Å². The van der Waals surface area contributed by atoms with Crippen molar-refractivity contribution in [1.82, 2.24) is 24.8 Å². The van der Waals surface area contributed by atoms with Gasteiger partial charge in [-0.05, 0) is 43.1 Å². The third-order valence-electron chi connectivity index (χ3n) is 5.73. The van der Waals surface area contributed by atoms with Gasteiger partial charge in [0, 0.05) is 19.3 Å². The van der Waals surface area contributed by atoms with E-state index in [0.29, 0.717) is 30.2 Å². The summed E-state index contributed by atoms with van der Waals surface area (Å²) in [7, 11) is 0. The molecule has 3 aromatic rings. The first-order valence-electron chi connectivity index (χ1n) is 10.0. The minimum absolute atomic E-state index is 0.206. The Hall–Kier alpha value is -3.52. The molecular weight excluding hydrogens is 380 g/mol. The van der Waals surface area contributed by atoms with Gasteiger partial charge >= 0.3 is 0 Å². The van der Waals surface area contributed by atoms with Gasteiger partial charge in [0.05, 0.1) is 0 Å². The van der Waals surface area contributed by atoms with Crippen molar-refractivity contribution in [2.45, 2.75) is 25.0 Å². The summed E-state index contributed by atoms with van der Waals surface area (Å²) in [5.74, 6) is 0.325. The number of rotatable bonds is 4. The number of hydrogen-bond acceptors (Lipinski definition) is 6. The predicted molar refractivity (Wildman–Crippen MR) is 112 cm³/mol. The highest BCUT2D eigenvalue weighted by Crippen LogP contribution is 2.32. The fourth-order valence-electron chi connectivity index (χ4n) is 4.45. The summed E-state index contributed by atoms with van der Waals surface area (Å²) in [4.78, 5) is 36.4. The molecular formula is C22H22N6O2. The Morgan fingerprint density at radius 2 is 1.97 bits per heavy atom. The van der Waals surface area contributed by atoms with Crippen LogP contribution in [-0.4, -0.2) is 38.4 Å². The Bertz CT molecular complexity index is 1130. The Morgan fingerprint density at radius 3 is 2.77 bits per heavy atom. The zero-order chi connectivity index (χ0) is 20.6. The second-order valence-corrected chi connectivity index (χ2v) is 7.78. The lowest BCUT2D eigenvalue weighted by molar-refractivity contribution is 0.0641. The zero-order valence-corrected chi connectivity index (χ0v) is 16.4. The number of fused-ring (bicyclic) bond motifs is 2. The summed E-state index contributed by atoms with van der Waals surface area (Å²) in [5.41, 5.74) is 1.03. The number of piperidine rings is 1. The lowest BCUT2D eigenvalue weighted by Gasteiger charge is -2.41. The van der Waals surface area contributed by atoms with E-state index < -0.39 is 5.66 Å². The molecule has 5 rings (SSSR count). The number of hydrogen-bond donors (Lipinski definition) is 2. The molecule has 152 valence electrons. The van der Waals surface area contributed by atoms with Crippen LogP contribution in [0.25, 0.3) is 0 Å². The van der Waals surface area contributed by atoms with Crippen LogP contribution in [0.1, 0.15) is 28.9 Å². The predicted octanol–water partition coefficient (Wildman–Crippen LogP) is 2.07. The van der Waals surface area contributed by atoms with Gasteiger partial charge in [-0.25, -0.2) is 9.97 Å². The van der Waals surface area contributed by atoms with Gasteiger partial charge in [-0.1, -0.05) is 30.3 Å². The number of benzene rings is 1. The Labute approximate surface area is 173 Å². The molecule has 1 aromatic carbocycles. The molecule has 2 aliphatic heterocycles. The number of aromatic nitrogens is 3. The molecule has 8 heteroatoms. The molecule has 8 nitrogen and oxygen atoms in total. The van der Waals surface area contributed by atoms with Gasteiger partial charge < -0.3 is 10.6 Å². The molecule has 0 radical (unpaired) electrons. The smallest absolute Gasteiger partial charge is 0.276 e. The maximum Gasteiger partial charge on any atom is 0.276 e. The molecule has 0 saturated carbocycles. The fourth-order valence-corrected chi connectivity index (χ4v) is 4.45. The van der Waals surface area contributed by atoms with E-state index in [0.717, 1.165) is 19.5 Å². The van der Waals surface area contributed by atoms with Crippen molar-refractivity contribution in [3.05, 3.63) is 82.7 Å². The van der Waals surface area contributed by atoms with Crippen molar-refractivity contribution in [1.29, 1.82) is 0 Å². The van der Waals surface area contributed by atoms with E-state index in [9.17, 15) is 9.59 Å². The number of nitrogens with zero attached hydrogens (tertiary/aromatic N) is 4. The first-order chi connectivity index (χ1) is 14.6. The summed E-state index contributed by atoms with van der Waals surface area (Å²) in [6.45, 7) is 2.29. The molecule has 0 aliphatic carbocycles. The third kappa shape index (κ3) is 3.25. The highest BCUT2D eigenvalue weighted by atomic mass is 16.2. The van der Waals surface area contributed by atoms with Gasteiger partial charge in [-0.2, -0.15) is 0 Å². The molecule has 1 unspecified atom stereocenters. The second kappa shape index (κ2) is 7.38. The molecule has 1 fully saturated rings. The van der Waals surface area contributed by atoms with E-state index in [1.54, 1.807) is 29.0 Å². The van der Waals surface area contributed by atoms with Crippen molar-refractivity contribution in [3.63, 3.8) is 0 Å². The maximum atomic E-state index is 13.4. The van der Waals surface area contributed by atoms with Crippen molar-refractivity contribution in [2.24, 2.45) is 0 Å². The Kier molecular flexibility index (Phi) is 4.55. The Balaban J connectivity index is 1.48. The van der Waals surface area contributed by atoms with E-state index in [1.165, 1.54) is 11.9 Å². The molecule has 30 heavy (non-hydrogen) atoms. The van der Waals surface area contributed by atoms with Crippen LogP contribution >= 0.6 is 0 Å².